The number of aliphatic carboxylic acids is 1. The van der Waals surface area contributed by atoms with Crippen LogP contribution in [0.2, 0.25) is 0 Å². The molecule has 0 saturated heterocycles. The fourth-order valence-corrected chi connectivity index (χ4v) is 3.46. The van der Waals surface area contributed by atoms with Crippen LogP contribution < -0.4 is 10.6 Å². The Morgan fingerprint density at radius 1 is 1.40 bits per heavy atom. The molecule has 2 aliphatic rings. The van der Waals surface area contributed by atoms with Crippen molar-refractivity contribution in [3.63, 3.8) is 0 Å². The number of hydrogen-bond acceptors (Lipinski definition) is 5. The van der Waals surface area contributed by atoms with Crippen LogP contribution in [0.15, 0.2) is 0 Å². The molecule has 7 heteroatoms. The van der Waals surface area contributed by atoms with Crippen molar-refractivity contribution in [2.75, 3.05) is 5.32 Å². The molecule has 3 N–H and O–H groups in total. The molecule has 108 valence electrons. The maximum absolute atomic E-state index is 11.9. The molecule has 1 saturated carbocycles. The van der Waals surface area contributed by atoms with Gasteiger partial charge in [-0.1, -0.05) is 0 Å². The average Bonchev–Trinajstić information content (AvgIpc) is 2.96. The maximum Gasteiger partial charge on any atom is 0.312 e. The summed E-state index contributed by atoms with van der Waals surface area (Å²) in [6, 6.07) is -0.0189. The molecule has 20 heavy (non-hydrogen) atoms. The van der Waals surface area contributed by atoms with Gasteiger partial charge >= 0.3 is 5.97 Å². The van der Waals surface area contributed by atoms with Gasteiger partial charge in [0.05, 0.1) is 5.69 Å². The number of aryl methyl sites for hydroxylation is 1. The molecule has 2 aliphatic carbocycles. The summed E-state index contributed by atoms with van der Waals surface area (Å²) in [6.07, 6.45) is 3.50. The summed E-state index contributed by atoms with van der Waals surface area (Å²) in [5.41, 5.74) is 0.666. The first kappa shape index (κ1) is 13.4. The fraction of sp³-hybridized carbons (Fsp3) is 0.615. The van der Waals surface area contributed by atoms with Crippen LogP contribution >= 0.6 is 11.3 Å². The second kappa shape index (κ2) is 5.05. The van der Waals surface area contributed by atoms with E-state index in [1.54, 1.807) is 6.92 Å². The van der Waals surface area contributed by atoms with Crippen LogP contribution in [0.25, 0.3) is 0 Å². The Hall–Kier alpha value is -1.63. The number of carbonyl (C=O) groups excluding carboxylic acids is 1. The van der Waals surface area contributed by atoms with E-state index in [9.17, 15) is 9.59 Å². The van der Waals surface area contributed by atoms with E-state index in [0.717, 1.165) is 24.1 Å². The molecule has 3 rings (SSSR count). The number of carboxylic acids is 1. The minimum atomic E-state index is -0.819. The first-order valence-corrected chi connectivity index (χ1v) is 7.65. The standard InChI is InChI=1S/C13H17N3O3S/c1-6(11(17)15-7-2-3-7)14-13-16-10-8(12(18)19)4-5-9(10)20-13/h6-8H,2-5H2,1H3,(H,14,16)(H,15,17)(H,18,19). The Balaban J connectivity index is 1.65. The second-order valence-corrected chi connectivity index (χ2v) is 6.49. The van der Waals surface area contributed by atoms with Crippen LogP contribution in [-0.4, -0.2) is 34.1 Å². The van der Waals surface area contributed by atoms with Crippen molar-refractivity contribution in [3.8, 4) is 0 Å². The zero-order valence-corrected chi connectivity index (χ0v) is 12.0. The average molecular weight is 295 g/mol. The van der Waals surface area contributed by atoms with Crippen LogP contribution in [0, 0.1) is 0 Å². The number of nitrogens with zero attached hydrogens (tertiary/aromatic N) is 1. The number of hydrogen-bond donors (Lipinski definition) is 3. The van der Waals surface area contributed by atoms with Crippen molar-refractivity contribution in [2.45, 2.75) is 50.6 Å². The van der Waals surface area contributed by atoms with E-state index < -0.39 is 11.9 Å². The highest BCUT2D eigenvalue weighted by Gasteiger charge is 2.33. The first-order valence-electron chi connectivity index (χ1n) is 6.84. The molecule has 1 aromatic rings. The Labute approximate surface area is 120 Å². The smallest absolute Gasteiger partial charge is 0.312 e. The molecule has 2 atom stereocenters. The molecule has 1 amide bonds. The van der Waals surface area contributed by atoms with E-state index in [1.165, 1.54) is 11.3 Å². The van der Waals surface area contributed by atoms with Crippen LogP contribution in [0.3, 0.4) is 0 Å². The third-order valence-electron chi connectivity index (χ3n) is 3.67. The molecule has 2 unspecified atom stereocenters. The molecule has 0 radical (unpaired) electrons. The normalized spacial score (nSPS) is 22.1. The van der Waals surface area contributed by atoms with Gasteiger partial charge in [0.1, 0.15) is 12.0 Å². The summed E-state index contributed by atoms with van der Waals surface area (Å²) >= 11 is 1.46. The quantitative estimate of drug-likeness (QED) is 0.762. The number of carboxylic acid groups (broad SMARTS) is 1. The summed E-state index contributed by atoms with van der Waals surface area (Å²) < 4.78 is 0. The largest absolute Gasteiger partial charge is 0.481 e. The zero-order chi connectivity index (χ0) is 14.3. The van der Waals surface area contributed by atoms with E-state index in [1.807, 2.05) is 0 Å². The minimum absolute atomic E-state index is 0.0300. The second-order valence-electron chi connectivity index (χ2n) is 5.41. The number of rotatable bonds is 5. The van der Waals surface area contributed by atoms with Crippen LogP contribution in [0.4, 0.5) is 5.13 Å². The number of thiazole rings is 1. The SMILES string of the molecule is CC(Nc1nc2c(s1)CCC2C(=O)O)C(=O)NC1CC1. The minimum Gasteiger partial charge on any atom is -0.481 e. The zero-order valence-electron chi connectivity index (χ0n) is 11.2. The maximum atomic E-state index is 11.9. The highest BCUT2D eigenvalue weighted by atomic mass is 32.1. The summed E-state index contributed by atoms with van der Waals surface area (Å²) in [5.74, 6) is -1.34. The number of nitrogens with one attached hydrogen (secondary N) is 2. The van der Waals surface area contributed by atoms with E-state index in [2.05, 4.69) is 15.6 Å². The lowest BCUT2D eigenvalue weighted by molar-refractivity contribution is -0.138. The van der Waals surface area contributed by atoms with Gasteiger partial charge in [-0.05, 0) is 32.6 Å². The first-order chi connectivity index (χ1) is 9.54. The summed E-state index contributed by atoms with van der Waals surface area (Å²) in [5, 5.41) is 15.8. The molecule has 0 spiro atoms. The summed E-state index contributed by atoms with van der Waals surface area (Å²) in [4.78, 5) is 28.3. The topological polar surface area (TPSA) is 91.3 Å². The van der Waals surface area contributed by atoms with Gasteiger partial charge in [0.15, 0.2) is 5.13 Å². The molecule has 1 fully saturated rings. The number of aromatic nitrogens is 1. The van der Waals surface area contributed by atoms with Gasteiger partial charge in [-0.3, -0.25) is 9.59 Å². The molecule has 1 aromatic heterocycles. The molecule has 0 bridgehead atoms. The third-order valence-corrected chi connectivity index (χ3v) is 4.73. The van der Waals surface area contributed by atoms with E-state index in [0.29, 0.717) is 23.3 Å². The number of anilines is 1. The molecular formula is C13H17N3O3S. The predicted octanol–water partition coefficient (Wildman–Crippen LogP) is 1.34. The van der Waals surface area contributed by atoms with Crippen molar-refractivity contribution < 1.29 is 14.7 Å². The van der Waals surface area contributed by atoms with Gasteiger partial charge in [0, 0.05) is 10.9 Å². The molecule has 0 aliphatic heterocycles. The van der Waals surface area contributed by atoms with Crippen molar-refractivity contribution in [1.82, 2.24) is 10.3 Å². The molecular weight excluding hydrogens is 278 g/mol. The van der Waals surface area contributed by atoms with Gasteiger partial charge in [0.2, 0.25) is 5.91 Å². The van der Waals surface area contributed by atoms with Gasteiger partial charge in [-0.15, -0.1) is 11.3 Å². The highest BCUT2D eigenvalue weighted by Crippen LogP contribution is 2.38. The van der Waals surface area contributed by atoms with E-state index >= 15 is 0 Å². The van der Waals surface area contributed by atoms with Gasteiger partial charge in [-0.25, -0.2) is 4.98 Å². The van der Waals surface area contributed by atoms with Crippen LogP contribution in [0.1, 0.15) is 42.7 Å². The van der Waals surface area contributed by atoms with Crippen LogP contribution in [0.5, 0.6) is 0 Å². The summed E-state index contributed by atoms with van der Waals surface area (Å²) in [6.45, 7) is 1.79. The van der Waals surface area contributed by atoms with Gasteiger partial charge in [-0.2, -0.15) is 0 Å². The number of amides is 1. The molecule has 6 nitrogen and oxygen atoms in total. The molecule has 0 aromatic carbocycles. The van der Waals surface area contributed by atoms with Crippen molar-refractivity contribution in [3.05, 3.63) is 10.6 Å². The lowest BCUT2D eigenvalue weighted by atomic mass is 10.1. The van der Waals surface area contributed by atoms with Crippen LogP contribution in [-0.2, 0) is 16.0 Å². The monoisotopic (exact) mass is 295 g/mol. The Bertz CT molecular complexity index is 553. The predicted molar refractivity (Wildman–Crippen MR) is 75.1 cm³/mol. The lowest BCUT2D eigenvalue weighted by Gasteiger charge is -2.12. The molecule has 1 heterocycles. The Morgan fingerprint density at radius 2 is 2.15 bits per heavy atom. The fourth-order valence-electron chi connectivity index (χ4n) is 2.33. The highest BCUT2D eigenvalue weighted by molar-refractivity contribution is 7.15. The van der Waals surface area contributed by atoms with Gasteiger partial charge in [0.25, 0.3) is 0 Å². The van der Waals surface area contributed by atoms with Crippen molar-refractivity contribution in [1.29, 1.82) is 0 Å². The Kier molecular flexibility index (Phi) is 3.37. The third kappa shape index (κ3) is 2.63. The van der Waals surface area contributed by atoms with Crippen molar-refractivity contribution in [2.24, 2.45) is 0 Å². The van der Waals surface area contributed by atoms with E-state index in [-0.39, 0.29) is 11.9 Å². The number of carbonyl (C=O) groups is 2. The van der Waals surface area contributed by atoms with Crippen molar-refractivity contribution >= 4 is 28.3 Å². The van der Waals surface area contributed by atoms with Gasteiger partial charge < -0.3 is 15.7 Å². The Morgan fingerprint density at radius 3 is 2.80 bits per heavy atom. The van der Waals surface area contributed by atoms with E-state index in [4.69, 9.17) is 5.11 Å². The summed E-state index contributed by atoms with van der Waals surface area (Å²) in [7, 11) is 0. The lowest BCUT2D eigenvalue weighted by Crippen LogP contribution is -2.38. The number of fused-ring (bicyclic) bond motifs is 1.